The average molecular weight is 448 g/mol. The third-order valence-corrected chi connectivity index (χ3v) is 5.67. The predicted molar refractivity (Wildman–Crippen MR) is 116 cm³/mol. The number of carbonyl (C=O) groups is 3. The van der Waals surface area contributed by atoms with E-state index in [9.17, 15) is 4.79 Å². The molecule has 0 bridgehead atoms. The summed E-state index contributed by atoms with van der Waals surface area (Å²) in [7, 11) is 0. The molecule has 1 saturated heterocycles. The minimum Gasteiger partial charge on any atom is -0.483 e. The number of carbonyl (C=O) groups excluding carboxylic acids is 1. The van der Waals surface area contributed by atoms with Crippen LogP contribution in [0.5, 0.6) is 0 Å². The van der Waals surface area contributed by atoms with Gasteiger partial charge in [-0.2, -0.15) is 0 Å². The molecule has 0 radical (unpaired) electrons. The zero-order chi connectivity index (χ0) is 22.6. The first-order valence-electron chi connectivity index (χ1n) is 9.53. The smallest absolute Gasteiger partial charge is 0.290 e. The molecule has 3 aromatic rings. The summed E-state index contributed by atoms with van der Waals surface area (Å²) in [5.74, 6) is 0.104. The fourth-order valence-electron chi connectivity index (χ4n) is 3.26. The Balaban J connectivity index is 0.000000513. The number of imidazole rings is 1. The molecule has 1 aromatic carbocycles. The number of aromatic amines is 1. The summed E-state index contributed by atoms with van der Waals surface area (Å²) in [6, 6.07) is 5.67. The number of aryl methyl sites for hydroxylation is 1. The van der Waals surface area contributed by atoms with Gasteiger partial charge in [-0.3, -0.25) is 19.3 Å². The van der Waals surface area contributed by atoms with Crippen LogP contribution < -0.4 is 0 Å². The first-order chi connectivity index (χ1) is 15.0. The molecular formula is C20H25N5O5S. The molecule has 0 aliphatic carbocycles. The van der Waals surface area contributed by atoms with Crippen molar-refractivity contribution in [2.75, 3.05) is 26.2 Å². The van der Waals surface area contributed by atoms with Crippen LogP contribution in [0.4, 0.5) is 0 Å². The molecule has 31 heavy (non-hydrogen) atoms. The molecule has 2 aromatic heterocycles. The van der Waals surface area contributed by atoms with Crippen molar-refractivity contribution < 1.29 is 24.6 Å². The third kappa shape index (κ3) is 6.86. The van der Waals surface area contributed by atoms with Crippen molar-refractivity contribution in [3.63, 3.8) is 0 Å². The van der Waals surface area contributed by atoms with Crippen LogP contribution in [0, 0.1) is 6.92 Å². The monoisotopic (exact) mass is 447 g/mol. The van der Waals surface area contributed by atoms with Gasteiger partial charge in [-0.1, -0.05) is 0 Å². The Bertz CT molecular complexity index is 983. The Hall–Kier alpha value is -3.31. The second-order valence-electron chi connectivity index (χ2n) is 6.63. The molecule has 10 nitrogen and oxygen atoms in total. The standard InChI is InChI=1S/C18H21N5OS.2CH2O2/c1-13-17(25-12-21-13)10-22-5-2-6-23(8-7-22)18(24)14-3-4-15-16(9-14)20-11-19-15;2*2-1-3/h3-4,9,11-12H,2,5-8,10H2,1H3,(H,19,20);2*1H,(H,2,3). The van der Waals surface area contributed by atoms with Crippen LogP contribution >= 0.6 is 11.3 Å². The fraction of sp³-hybridized carbons (Fsp3) is 0.350. The topological polar surface area (TPSA) is 140 Å². The zero-order valence-electron chi connectivity index (χ0n) is 17.1. The summed E-state index contributed by atoms with van der Waals surface area (Å²) in [5.41, 5.74) is 5.55. The first-order valence-corrected chi connectivity index (χ1v) is 10.4. The van der Waals surface area contributed by atoms with Gasteiger partial charge in [-0.25, -0.2) is 9.97 Å². The van der Waals surface area contributed by atoms with Gasteiger partial charge in [-0.05, 0) is 31.5 Å². The van der Waals surface area contributed by atoms with E-state index in [4.69, 9.17) is 19.8 Å². The molecule has 0 atom stereocenters. The second-order valence-corrected chi connectivity index (χ2v) is 7.57. The van der Waals surface area contributed by atoms with Crippen LogP contribution in [0.25, 0.3) is 11.0 Å². The Morgan fingerprint density at radius 3 is 2.58 bits per heavy atom. The maximum Gasteiger partial charge on any atom is 0.290 e. The lowest BCUT2D eigenvalue weighted by molar-refractivity contribution is -0.123. The van der Waals surface area contributed by atoms with Gasteiger partial charge in [0.15, 0.2) is 0 Å². The lowest BCUT2D eigenvalue weighted by Gasteiger charge is -2.22. The molecular weight excluding hydrogens is 422 g/mol. The first kappa shape index (κ1) is 24.0. The van der Waals surface area contributed by atoms with E-state index in [-0.39, 0.29) is 18.9 Å². The maximum atomic E-state index is 12.9. The minimum absolute atomic E-state index is 0.104. The number of fused-ring (bicyclic) bond motifs is 1. The summed E-state index contributed by atoms with van der Waals surface area (Å²) in [4.78, 5) is 46.9. The van der Waals surface area contributed by atoms with E-state index in [0.29, 0.717) is 0 Å². The number of hydrogen-bond acceptors (Lipinski definition) is 7. The van der Waals surface area contributed by atoms with Gasteiger partial charge < -0.3 is 20.1 Å². The van der Waals surface area contributed by atoms with Crippen LogP contribution in [0.3, 0.4) is 0 Å². The van der Waals surface area contributed by atoms with E-state index in [1.807, 2.05) is 28.6 Å². The van der Waals surface area contributed by atoms with Crippen LogP contribution in [0.1, 0.15) is 27.3 Å². The lowest BCUT2D eigenvalue weighted by Crippen LogP contribution is -2.35. The predicted octanol–water partition coefficient (Wildman–Crippen LogP) is 2.08. The van der Waals surface area contributed by atoms with Gasteiger partial charge in [0.05, 0.1) is 28.6 Å². The van der Waals surface area contributed by atoms with Gasteiger partial charge in [0, 0.05) is 43.2 Å². The van der Waals surface area contributed by atoms with E-state index in [0.717, 1.165) is 61.4 Å². The number of hydrogen-bond donors (Lipinski definition) is 3. The molecule has 1 aliphatic heterocycles. The summed E-state index contributed by atoms with van der Waals surface area (Å²) in [6.07, 6.45) is 2.65. The fourth-order valence-corrected chi connectivity index (χ4v) is 4.08. The van der Waals surface area contributed by atoms with Crippen molar-refractivity contribution in [1.29, 1.82) is 0 Å². The highest BCUT2D eigenvalue weighted by Gasteiger charge is 2.21. The number of carboxylic acid groups (broad SMARTS) is 2. The van der Waals surface area contributed by atoms with Crippen molar-refractivity contribution in [2.45, 2.75) is 19.9 Å². The highest BCUT2D eigenvalue weighted by atomic mass is 32.1. The van der Waals surface area contributed by atoms with Gasteiger partial charge in [0.25, 0.3) is 18.9 Å². The average Bonchev–Trinajstić information content (AvgIpc) is 3.31. The number of aromatic nitrogens is 3. The van der Waals surface area contributed by atoms with Crippen LogP contribution in [-0.2, 0) is 16.1 Å². The highest BCUT2D eigenvalue weighted by Crippen LogP contribution is 2.18. The number of benzene rings is 1. The largest absolute Gasteiger partial charge is 0.483 e. The molecule has 3 heterocycles. The van der Waals surface area contributed by atoms with Gasteiger partial charge in [-0.15, -0.1) is 11.3 Å². The molecule has 0 spiro atoms. The van der Waals surface area contributed by atoms with Crippen LogP contribution in [0.2, 0.25) is 0 Å². The number of amides is 1. The maximum absolute atomic E-state index is 12.9. The van der Waals surface area contributed by atoms with E-state index in [1.54, 1.807) is 17.7 Å². The summed E-state index contributed by atoms with van der Waals surface area (Å²) < 4.78 is 0. The number of H-pyrrole nitrogens is 1. The van der Waals surface area contributed by atoms with Gasteiger partial charge >= 0.3 is 0 Å². The SMILES string of the molecule is Cc1ncsc1CN1CCCN(C(=O)c2ccc3nc[nH]c3c2)CC1.O=CO.O=CO. The number of nitrogens with zero attached hydrogens (tertiary/aromatic N) is 4. The Morgan fingerprint density at radius 2 is 1.90 bits per heavy atom. The number of thiazole rings is 1. The van der Waals surface area contributed by atoms with E-state index in [1.165, 1.54) is 4.88 Å². The van der Waals surface area contributed by atoms with E-state index < -0.39 is 0 Å². The van der Waals surface area contributed by atoms with Crippen molar-refractivity contribution in [3.8, 4) is 0 Å². The lowest BCUT2D eigenvalue weighted by atomic mass is 10.1. The normalized spacial score (nSPS) is 13.9. The Kier molecular flexibility index (Phi) is 9.59. The summed E-state index contributed by atoms with van der Waals surface area (Å²) in [6.45, 7) is 5.97. The molecule has 1 amide bonds. The molecule has 3 N–H and O–H groups in total. The Morgan fingerprint density at radius 1 is 1.16 bits per heavy atom. The van der Waals surface area contributed by atoms with E-state index in [2.05, 4.69) is 26.8 Å². The molecule has 166 valence electrons. The number of nitrogens with one attached hydrogen (secondary N) is 1. The molecule has 1 aliphatic rings. The van der Waals surface area contributed by atoms with Gasteiger partial charge in [0.2, 0.25) is 0 Å². The van der Waals surface area contributed by atoms with Crippen LogP contribution in [0.15, 0.2) is 30.0 Å². The molecule has 4 rings (SSSR count). The molecule has 1 fully saturated rings. The van der Waals surface area contributed by atoms with Crippen LogP contribution in [-0.4, -0.2) is 80.0 Å². The third-order valence-electron chi connectivity index (χ3n) is 4.75. The molecule has 11 heteroatoms. The number of rotatable bonds is 3. The Labute approximate surface area is 183 Å². The summed E-state index contributed by atoms with van der Waals surface area (Å²) in [5, 5.41) is 13.8. The second kappa shape index (κ2) is 12.4. The van der Waals surface area contributed by atoms with Crippen molar-refractivity contribution in [1.82, 2.24) is 24.8 Å². The van der Waals surface area contributed by atoms with Gasteiger partial charge in [0.1, 0.15) is 0 Å². The van der Waals surface area contributed by atoms with Crippen molar-refractivity contribution in [2.24, 2.45) is 0 Å². The minimum atomic E-state index is -0.250. The van der Waals surface area contributed by atoms with Crippen molar-refractivity contribution in [3.05, 3.63) is 46.2 Å². The zero-order valence-corrected chi connectivity index (χ0v) is 17.9. The molecule has 0 saturated carbocycles. The summed E-state index contributed by atoms with van der Waals surface area (Å²) >= 11 is 1.71. The molecule has 0 unspecified atom stereocenters. The van der Waals surface area contributed by atoms with E-state index >= 15 is 0 Å². The van der Waals surface area contributed by atoms with Crippen molar-refractivity contribution >= 4 is 41.2 Å². The highest BCUT2D eigenvalue weighted by molar-refractivity contribution is 7.09. The quantitative estimate of drug-likeness (QED) is 0.519.